The summed E-state index contributed by atoms with van der Waals surface area (Å²) in [6.07, 6.45) is 5.27. The Morgan fingerprint density at radius 3 is 3.10 bits per heavy atom. The van der Waals surface area contributed by atoms with Gasteiger partial charge < -0.3 is 10.2 Å². The fraction of sp³-hybridized carbons (Fsp3) is 0.647. The summed E-state index contributed by atoms with van der Waals surface area (Å²) in [6.45, 7) is 7.28. The topological polar surface area (TPSA) is 18.5 Å². The zero-order valence-electron chi connectivity index (χ0n) is 12.4. The van der Waals surface area contributed by atoms with Crippen molar-refractivity contribution in [3.8, 4) is 0 Å². The maximum atomic E-state index is 3.51. The quantitative estimate of drug-likeness (QED) is 0.847. The number of nitrogens with zero attached hydrogens (tertiary/aromatic N) is 2. The highest BCUT2D eigenvalue weighted by atomic mass is 15.3. The summed E-state index contributed by atoms with van der Waals surface area (Å²) in [4.78, 5) is 5.34. The van der Waals surface area contributed by atoms with E-state index in [1.54, 1.807) is 0 Å². The van der Waals surface area contributed by atoms with Gasteiger partial charge in [0.25, 0.3) is 0 Å². The first-order valence-electron chi connectivity index (χ1n) is 8.19. The van der Waals surface area contributed by atoms with E-state index in [4.69, 9.17) is 0 Å². The lowest BCUT2D eigenvalue weighted by Gasteiger charge is -2.44. The van der Waals surface area contributed by atoms with E-state index in [0.29, 0.717) is 6.04 Å². The first kappa shape index (κ1) is 12.5. The van der Waals surface area contributed by atoms with Crippen molar-refractivity contribution in [1.29, 1.82) is 0 Å². The van der Waals surface area contributed by atoms with Gasteiger partial charge in [0.1, 0.15) is 0 Å². The van der Waals surface area contributed by atoms with E-state index in [1.807, 2.05) is 0 Å². The van der Waals surface area contributed by atoms with Crippen molar-refractivity contribution in [2.75, 3.05) is 36.4 Å². The number of piperazine rings is 1. The van der Waals surface area contributed by atoms with Gasteiger partial charge in [-0.1, -0.05) is 0 Å². The fourth-order valence-electron chi connectivity index (χ4n) is 4.19. The van der Waals surface area contributed by atoms with Crippen LogP contribution in [0.25, 0.3) is 0 Å². The number of anilines is 2. The lowest BCUT2D eigenvalue weighted by atomic mass is 10.0. The van der Waals surface area contributed by atoms with Crippen LogP contribution in [-0.2, 0) is 6.42 Å². The highest BCUT2D eigenvalue weighted by Gasteiger charge is 2.34. The first-order chi connectivity index (χ1) is 9.81. The van der Waals surface area contributed by atoms with E-state index >= 15 is 0 Å². The summed E-state index contributed by atoms with van der Waals surface area (Å²) in [5, 5.41) is 3.51. The normalized spacial score (nSPS) is 29.8. The molecule has 3 aliphatic rings. The van der Waals surface area contributed by atoms with Crippen LogP contribution in [0.1, 0.15) is 31.7 Å². The van der Waals surface area contributed by atoms with E-state index in [1.165, 1.54) is 62.3 Å². The number of fused-ring (bicyclic) bond motifs is 2. The Kier molecular flexibility index (Phi) is 3.10. The summed E-state index contributed by atoms with van der Waals surface area (Å²) in [6, 6.07) is 8.47. The molecule has 0 aromatic heterocycles. The standard InChI is InChI=1S/C17H25N3/c1-13-11-19-9-3-5-16(19)12-20(13)15-6-7-17-14(10-15)4-2-8-18-17/h6-7,10,13,16,18H,2-5,8-9,11-12H2,1H3. The van der Waals surface area contributed by atoms with Crippen LogP contribution in [0.4, 0.5) is 11.4 Å². The van der Waals surface area contributed by atoms with Crippen LogP contribution in [0.2, 0.25) is 0 Å². The predicted octanol–water partition coefficient (Wildman–Crippen LogP) is 2.72. The van der Waals surface area contributed by atoms with Crippen molar-refractivity contribution >= 4 is 11.4 Å². The molecule has 3 aliphatic heterocycles. The molecular formula is C17H25N3. The summed E-state index contributed by atoms with van der Waals surface area (Å²) in [5.41, 5.74) is 4.30. The van der Waals surface area contributed by atoms with Crippen LogP contribution < -0.4 is 10.2 Å². The molecule has 1 aromatic rings. The smallest absolute Gasteiger partial charge is 0.0389 e. The van der Waals surface area contributed by atoms with Crippen molar-refractivity contribution in [2.45, 2.75) is 44.7 Å². The molecule has 0 bridgehead atoms. The van der Waals surface area contributed by atoms with Crippen molar-refractivity contribution < 1.29 is 0 Å². The molecule has 2 fully saturated rings. The summed E-state index contributed by atoms with van der Waals surface area (Å²) < 4.78 is 0. The number of benzene rings is 1. The maximum Gasteiger partial charge on any atom is 0.0389 e. The van der Waals surface area contributed by atoms with Crippen LogP contribution in [0, 0.1) is 0 Å². The number of aryl methyl sites for hydroxylation is 1. The molecule has 0 spiro atoms. The van der Waals surface area contributed by atoms with E-state index in [0.717, 1.165) is 12.6 Å². The zero-order valence-corrected chi connectivity index (χ0v) is 12.4. The molecule has 1 N–H and O–H groups in total. The van der Waals surface area contributed by atoms with Crippen LogP contribution in [0.5, 0.6) is 0 Å². The largest absolute Gasteiger partial charge is 0.385 e. The second-order valence-electron chi connectivity index (χ2n) is 6.66. The Morgan fingerprint density at radius 2 is 2.15 bits per heavy atom. The summed E-state index contributed by atoms with van der Waals surface area (Å²) >= 11 is 0. The number of hydrogen-bond donors (Lipinski definition) is 1. The number of hydrogen-bond acceptors (Lipinski definition) is 3. The third-order valence-electron chi connectivity index (χ3n) is 5.30. The third-order valence-corrected chi connectivity index (χ3v) is 5.30. The predicted molar refractivity (Wildman–Crippen MR) is 84.7 cm³/mol. The fourth-order valence-corrected chi connectivity index (χ4v) is 4.19. The highest BCUT2D eigenvalue weighted by molar-refractivity contribution is 5.62. The third kappa shape index (κ3) is 2.08. The lowest BCUT2D eigenvalue weighted by molar-refractivity contribution is 0.203. The van der Waals surface area contributed by atoms with Crippen LogP contribution >= 0.6 is 0 Å². The average molecular weight is 271 g/mol. The molecule has 108 valence electrons. The second-order valence-corrected chi connectivity index (χ2v) is 6.66. The minimum Gasteiger partial charge on any atom is -0.385 e. The molecule has 3 nitrogen and oxygen atoms in total. The van der Waals surface area contributed by atoms with Gasteiger partial charge in [0, 0.05) is 43.1 Å². The van der Waals surface area contributed by atoms with Crippen LogP contribution in [0.15, 0.2) is 18.2 Å². The van der Waals surface area contributed by atoms with E-state index in [9.17, 15) is 0 Å². The van der Waals surface area contributed by atoms with Gasteiger partial charge in [-0.25, -0.2) is 0 Å². The molecule has 20 heavy (non-hydrogen) atoms. The maximum absolute atomic E-state index is 3.51. The van der Waals surface area contributed by atoms with E-state index < -0.39 is 0 Å². The molecule has 0 amide bonds. The summed E-state index contributed by atoms with van der Waals surface area (Å²) in [7, 11) is 0. The van der Waals surface area contributed by atoms with Gasteiger partial charge in [-0.05, 0) is 62.9 Å². The van der Waals surface area contributed by atoms with Crippen molar-refractivity contribution in [3.05, 3.63) is 23.8 Å². The molecule has 0 saturated carbocycles. The SMILES string of the molecule is CC1CN2CCCC2CN1c1ccc2c(c1)CCCN2. The zero-order chi connectivity index (χ0) is 13.5. The molecule has 0 aliphatic carbocycles. The minimum atomic E-state index is 0.638. The first-order valence-corrected chi connectivity index (χ1v) is 8.19. The monoisotopic (exact) mass is 271 g/mol. The van der Waals surface area contributed by atoms with Gasteiger partial charge in [-0.15, -0.1) is 0 Å². The molecule has 1 aromatic carbocycles. The highest BCUT2D eigenvalue weighted by Crippen LogP contribution is 2.32. The molecule has 3 heterocycles. The Bertz CT molecular complexity index is 499. The Balaban J connectivity index is 1.60. The lowest BCUT2D eigenvalue weighted by Crippen LogP contribution is -2.55. The van der Waals surface area contributed by atoms with Gasteiger partial charge in [0.2, 0.25) is 0 Å². The van der Waals surface area contributed by atoms with Gasteiger partial charge in [0.15, 0.2) is 0 Å². The van der Waals surface area contributed by atoms with E-state index in [2.05, 4.69) is 40.2 Å². The van der Waals surface area contributed by atoms with Gasteiger partial charge >= 0.3 is 0 Å². The molecular weight excluding hydrogens is 246 g/mol. The molecule has 2 atom stereocenters. The van der Waals surface area contributed by atoms with Crippen LogP contribution in [0.3, 0.4) is 0 Å². The minimum absolute atomic E-state index is 0.638. The molecule has 2 saturated heterocycles. The molecule has 0 radical (unpaired) electrons. The van der Waals surface area contributed by atoms with Gasteiger partial charge in [-0.2, -0.15) is 0 Å². The van der Waals surface area contributed by atoms with Crippen LogP contribution in [-0.4, -0.2) is 43.2 Å². The number of rotatable bonds is 1. The van der Waals surface area contributed by atoms with Crippen molar-refractivity contribution in [2.24, 2.45) is 0 Å². The van der Waals surface area contributed by atoms with E-state index in [-0.39, 0.29) is 0 Å². The second kappa shape index (κ2) is 4.96. The van der Waals surface area contributed by atoms with Crippen molar-refractivity contribution in [1.82, 2.24) is 4.90 Å². The Morgan fingerprint density at radius 1 is 1.20 bits per heavy atom. The Hall–Kier alpha value is -1.22. The van der Waals surface area contributed by atoms with Gasteiger partial charge in [0.05, 0.1) is 0 Å². The average Bonchev–Trinajstić information content (AvgIpc) is 2.93. The molecule has 2 unspecified atom stereocenters. The molecule has 4 rings (SSSR count). The Labute approximate surface area is 121 Å². The number of nitrogens with one attached hydrogen (secondary N) is 1. The van der Waals surface area contributed by atoms with Gasteiger partial charge in [-0.3, -0.25) is 4.90 Å². The van der Waals surface area contributed by atoms with Crippen molar-refractivity contribution in [3.63, 3.8) is 0 Å². The molecule has 3 heteroatoms. The summed E-state index contributed by atoms with van der Waals surface area (Å²) in [5.74, 6) is 0.